The molecule has 2 atom stereocenters. The first kappa shape index (κ1) is 21.9. The molecule has 0 aliphatic heterocycles. The van der Waals surface area contributed by atoms with Crippen LogP contribution in [0.2, 0.25) is 0 Å². The first-order valence-electron chi connectivity index (χ1n) is 11.8. The smallest absolute Gasteiger partial charge is 0.136 e. The molecule has 26 heavy (non-hydrogen) atoms. The van der Waals surface area contributed by atoms with E-state index in [1.54, 1.807) is 0 Å². The molecule has 2 fully saturated rings. The molecule has 0 saturated heterocycles. The maximum atomic E-state index is 13.2. The van der Waals surface area contributed by atoms with Crippen LogP contribution in [0.1, 0.15) is 122 Å². The molecule has 0 radical (unpaired) electrons. The molecule has 2 unspecified atom stereocenters. The average Bonchev–Trinajstić information content (AvgIpc) is 2.60. The van der Waals surface area contributed by atoms with Crippen molar-refractivity contribution >= 4 is 5.78 Å². The number of unbranched alkanes of at least 4 members (excludes halogenated alkanes) is 3. The molecule has 0 amide bonds. The Morgan fingerprint density at radius 1 is 0.923 bits per heavy atom. The van der Waals surface area contributed by atoms with E-state index in [1.165, 1.54) is 89.9 Å². The van der Waals surface area contributed by atoms with E-state index in [4.69, 9.17) is 4.74 Å². The first-order chi connectivity index (χ1) is 12.7. The lowest BCUT2D eigenvalue weighted by molar-refractivity contribution is -0.138. The zero-order chi connectivity index (χ0) is 18.7. The van der Waals surface area contributed by atoms with Crippen LogP contribution in [0.5, 0.6) is 0 Å². The Hall–Kier alpha value is -0.370. The van der Waals surface area contributed by atoms with E-state index < -0.39 is 0 Å². The van der Waals surface area contributed by atoms with Gasteiger partial charge in [0.15, 0.2) is 0 Å². The first-order valence-corrected chi connectivity index (χ1v) is 11.8. The van der Waals surface area contributed by atoms with Gasteiger partial charge in [-0.15, -0.1) is 0 Å². The quantitative estimate of drug-likeness (QED) is 0.424. The number of ketones is 1. The summed E-state index contributed by atoms with van der Waals surface area (Å²) >= 11 is 0. The Labute approximate surface area is 162 Å². The van der Waals surface area contributed by atoms with Gasteiger partial charge in [-0.1, -0.05) is 84.0 Å². The lowest BCUT2D eigenvalue weighted by Gasteiger charge is -2.47. The van der Waals surface area contributed by atoms with E-state index >= 15 is 0 Å². The van der Waals surface area contributed by atoms with Gasteiger partial charge in [0, 0.05) is 24.9 Å². The van der Waals surface area contributed by atoms with Crippen LogP contribution in [0.3, 0.4) is 0 Å². The van der Waals surface area contributed by atoms with Crippen molar-refractivity contribution < 1.29 is 9.53 Å². The van der Waals surface area contributed by atoms with E-state index in [9.17, 15) is 4.79 Å². The number of carbonyl (C=O) groups excluding carboxylic acids is 1. The van der Waals surface area contributed by atoms with Crippen LogP contribution in [0.4, 0.5) is 0 Å². The van der Waals surface area contributed by atoms with Gasteiger partial charge in [-0.05, 0) is 32.1 Å². The van der Waals surface area contributed by atoms with Crippen molar-refractivity contribution in [2.24, 2.45) is 11.3 Å². The summed E-state index contributed by atoms with van der Waals surface area (Å²) in [6.45, 7) is 2.28. The van der Waals surface area contributed by atoms with Gasteiger partial charge in [0.1, 0.15) is 5.78 Å². The molecule has 0 spiro atoms. The van der Waals surface area contributed by atoms with Crippen molar-refractivity contribution in [1.82, 2.24) is 0 Å². The third-order valence-corrected chi connectivity index (χ3v) is 7.28. The lowest BCUT2D eigenvalue weighted by Crippen LogP contribution is -2.47. The van der Waals surface area contributed by atoms with Gasteiger partial charge >= 0.3 is 0 Å². The van der Waals surface area contributed by atoms with E-state index in [0.717, 1.165) is 25.7 Å². The molecule has 2 heteroatoms. The van der Waals surface area contributed by atoms with Crippen LogP contribution in [0.15, 0.2) is 0 Å². The third-order valence-electron chi connectivity index (χ3n) is 7.28. The van der Waals surface area contributed by atoms with E-state index in [-0.39, 0.29) is 17.4 Å². The normalized spacial score (nSPS) is 26.4. The predicted molar refractivity (Wildman–Crippen MR) is 111 cm³/mol. The molecular weight excluding hydrogens is 320 g/mol. The van der Waals surface area contributed by atoms with Gasteiger partial charge in [0.2, 0.25) is 0 Å². The minimum atomic E-state index is 0.121. The van der Waals surface area contributed by atoms with Gasteiger partial charge in [0.25, 0.3) is 0 Å². The van der Waals surface area contributed by atoms with Crippen molar-refractivity contribution in [2.75, 3.05) is 7.11 Å². The topological polar surface area (TPSA) is 26.3 Å². The highest BCUT2D eigenvalue weighted by atomic mass is 16.5. The molecule has 0 aromatic heterocycles. The highest BCUT2D eigenvalue weighted by molar-refractivity contribution is 5.82. The predicted octanol–water partition coefficient (Wildman–Crippen LogP) is 7.24. The maximum Gasteiger partial charge on any atom is 0.136 e. The van der Waals surface area contributed by atoms with Crippen LogP contribution in [-0.4, -0.2) is 19.0 Å². The minimum Gasteiger partial charge on any atom is -0.381 e. The Morgan fingerprint density at radius 2 is 1.58 bits per heavy atom. The van der Waals surface area contributed by atoms with Crippen molar-refractivity contribution in [3.05, 3.63) is 0 Å². The zero-order valence-corrected chi connectivity index (χ0v) is 17.7. The highest BCUT2D eigenvalue weighted by Gasteiger charge is 2.47. The van der Waals surface area contributed by atoms with Crippen LogP contribution in [0.25, 0.3) is 0 Å². The molecular formula is C24H44O2. The molecule has 152 valence electrons. The van der Waals surface area contributed by atoms with E-state index in [1.807, 2.05) is 7.11 Å². The van der Waals surface area contributed by atoms with Crippen LogP contribution in [0, 0.1) is 11.3 Å². The average molecular weight is 365 g/mol. The SMILES string of the molecule is CCCCCCC(OC)C1(C2CCCCCCC2=O)CCCCCCC1. The second kappa shape index (κ2) is 12.2. The molecule has 2 rings (SSSR count). The number of Topliss-reactive ketones (excluding diaryl/α,β-unsaturated/α-hetero) is 1. The second-order valence-corrected chi connectivity index (χ2v) is 9.05. The van der Waals surface area contributed by atoms with Gasteiger partial charge in [-0.3, -0.25) is 4.79 Å². The number of hydrogen-bond acceptors (Lipinski definition) is 2. The molecule has 0 bridgehead atoms. The van der Waals surface area contributed by atoms with Gasteiger partial charge in [0.05, 0.1) is 6.10 Å². The third kappa shape index (κ3) is 6.08. The van der Waals surface area contributed by atoms with Gasteiger partial charge < -0.3 is 4.74 Å². The molecule has 0 heterocycles. The fourth-order valence-electron chi connectivity index (χ4n) is 5.80. The Balaban J connectivity index is 2.21. The van der Waals surface area contributed by atoms with Crippen LogP contribution < -0.4 is 0 Å². The lowest BCUT2D eigenvalue weighted by atomic mass is 9.60. The zero-order valence-electron chi connectivity index (χ0n) is 17.7. The molecule has 0 aromatic carbocycles. The Kier molecular flexibility index (Phi) is 10.3. The summed E-state index contributed by atoms with van der Waals surface area (Å²) in [6, 6.07) is 0. The fraction of sp³-hybridized carbons (Fsp3) is 0.958. The number of methoxy groups -OCH3 is 1. The molecule has 2 nitrogen and oxygen atoms in total. The number of rotatable bonds is 8. The summed E-state index contributed by atoms with van der Waals surface area (Å²) in [4.78, 5) is 13.2. The van der Waals surface area contributed by atoms with Crippen LogP contribution >= 0.6 is 0 Å². The van der Waals surface area contributed by atoms with Crippen molar-refractivity contribution in [2.45, 2.75) is 129 Å². The largest absolute Gasteiger partial charge is 0.381 e. The Bertz CT molecular complexity index is 382. The number of hydrogen-bond donors (Lipinski definition) is 0. The summed E-state index contributed by atoms with van der Waals surface area (Å²) in [5.41, 5.74) is 0.121. The van der Waals surface area contributed by atoms with Crippen molar-refractivity contribution in [1.29, 1.82) is 0 Å². The molecule has 0 N–H and O–H groups in total. The van der Waals surface area contributed by atoms with E-state index in [0.29, 0.717) is 5.78 Å². The van der Waals surface area contributed by atoms with Gasteiger partial charge in [-0.25, -0.2) is 0 Å². The van der Waals surface area contributed by atoms with Crippen molar-refractivity contribution in [3.63, 3.8) is 0 Å². The van der Waals surface area contributed by atoms with Crippen molar-refractivity contribution in [3.8, 4) is 0 Å². The fourth-order valence-corrected chi connectivity index (χ4v) is 5.80. The Morgan fingerprint density at radius 3 is 2.27 bits per heavy atom. The second-order valence-electron chi connectivity index (χ2n) is 9.05. The summed E-state index contributed by atoms with van der Waals surface area (Å²) in [7, 11) is 1.92. The van der Waals surface area contributed by atoms with E-state index in [2.05, 4.69) is 6.92 Å². The number of carbonyl (C=O) groups is 1. The molecule has 0 aromatic rings. The van der Waals surface area contributed by atoms with Crippen LogP contribution in [-0.2, 0) is 9.53 Å². The molecule has 2 aliphatic rings. The summed E-state index contributed by atoms with van der Waals surface area (Å²) in [5.74, 6) is 0.831. The summed E-state index contributed by atoms with van der Waals surface area (Å²) in [6.07, 6.45) is 22.5. The summed E-state index contributed by atoms with van der Waals surface area (Å²) in [5, 5.41) is 0. The summed E-state index contributed by atoms with van der Waals surface area (Å²) < 4.78 is 6.19. The monoisotopic (exact) mass is 364 g/mol. The minimum absolute atomic E-state index is 0.121. The molecule has 2 aliphatic carbocycles. The van der Waals surface area contributed by atoms with Gasteiger partial charge in [-0.2, -0.15) is 0 Å². The molecule has 2 saturated carbocycles. The number of ether oxygens (including phenoxy) is 1. The standard InChI is InChI=1S/C24H44O2/c1-3-4-5-13-18-23(26-2)24(19-14-9-6-10-15-20-24)21-16-11-7-8-12-17-22(21)25/h21,23H,3-20H2,1-2H3. The maximum absolute atomic E-state index is 13.2. The highest BCUT2D eigenvalue weighted by Crippen LogP contribution is 2.49.